The number of aliphatic carboxylic acids is 1. The molecule has 3 N–H and O–H groups in total. The van der Waals surface area contributed by atoms with E-state index in [2.05, 4.69) is 10.3 Å². The molecular formula is C29H26N4O5S. The minimum Gasteiger partial charge on any atom is -0.508 e. The van der Waals surface area contributed by atoms with Crippen LogP contribution >= 0.6 is 11.8 Å². The number of nitrogens with one attached hydrogen (secondary N) is 1. The SMILES string of the molecule is O=C(C[C@@H]1SC(N2N=C(c3ccc(O)cc3)C[C@@H]2c2ccccc2)=NC1=O)N[C@@H](Cc1ccccc1)C(=O)O. The topological polar surface area (TPSA) is 132 Å². The number of phenolic OH excluding ortho intramolecular Hbond substituents is 1. The zero-order chi connectivity index (χ0) is 27.4. The lowest BCUT2D eigenvalue weighted by atomic mass is 9.99. The summed E-state index contributed by atoms with van der Waals surface area (Å²) in [5.74, 6) is -1.98. The molecule has 2 heterocycles. The van der Waals surface area contributed by atoms with E-state index >= 15 is 0 Å². The third-order valence-corrected chi connectivity index (χ3v) is 7.65. The third kappa shape index (κ3) is 6.18. The van der Waals surface area contributed by atoms with E-state index in [1.165, 1.54) is 0 Å². The number of hydrogen-bond acceptors (Lipinski definition) is 7. The summed E-state index contributed by atoms with van der Waals surface area (Å²) >= 11 is 1.15. The number of carbonyl (C=O) groups excluding carboxylic acids is 2. The second-order valence-electron chi connectivity index (χ2n) is 9.26. The van der Waals surface area contributed by atoms with Crippen molar-refractivity contribution in [3.63, 3.8) is 0 Å². The molecule has 2 aliphatic rings. The number of hydrazone groups is 1. The minimum absolute atomic E-state index is 0.136. The zero-order valence-corrected chi connectivity index (χ0v) is 21.6. The van der Waals surface area contributed by atoms with Gasteiger partial charge < -0.3 is 15.5 Å². The predicted octanol–water partition coefficient (Wildman–Crippen LogP) is 3.74. The van der Waals surface area contributed by atoms with E-state index in [9.17, 15) is 24.6 Å². The maximum absolute atomic E-state index is 12.8. The van der Waals surface area contributed by atoms with Gasteiger partial charge in [0.05, 0.1) is 11.8 Å². The van der Waals surface area contributed by atoms with Gasteiger partial charge in [-0.2, -0.15) is 10.1 Å². The molecule has 0 radical (unpaired) electrons. The number of carboxylic acids is 1. The van der Waals surface area contributed by atoms with Gasteiger partial charge in [0.25, 0.3) is 5.91 Å². The van der Waals surface area contributed by atoms with Crippen molar-refractivity contribution in [2.45, 2.75) is 36.6 Å². The number of rotatable bonds is 8. The summed E-state index contributed by atoms with van der Waals surface area (Å²) in [5.41, 5.74) is 3.41. The lowest BCUT2D eigenvalue weighted by molar-refractivity contribution is -0.141. The summed E-state index contributed by atoms with van der Waals surface area (Å²) in [5, 5.41) is 27.9. The Morgan fingerprint density at radius 2 is 1.67 bits per heavy atom. The molecule has 3 atom stereocenters. The van der Waals surface area contributed by atoms with Gasteiger partial charge in [0.15, 0.2) is 5.17 Å². The quantitative estimate of drug-likeness (QED) is 0.395. The van der Waals surface area contributed by atoms with Crippen molar-refractivity contribution in [2.75, 3.05) is 0 Å². The minimum atomic E-state index is -1.14. The van der Waals surface area contributed by atoms with Gasteiger partial charge >= 0.3 is 5.97 Å². The smallest absolute Gasteiger partial charge is 0.326 e. The Labute approximate surface area is 229 Å². The van der Waals surface area contributed by atoms with Crippen LogP contribution in [0.3, 0.4) is 0 Å². The molecule has 3 aromatic carbocycles. The van der Waals surface area contributed by atoms with Crippen molar-refractivity contribution in [2.24, 2.45) is 10.1 Å². The zero-order valence-electron chi connectivity index (χ0n) is 20.8. The molecule has 9 nitrogen and oxygen atoms in total. The van der Waals surface area contributed by atoms with Crippen LogP contribution in [0.1, 0.15) is 35.6 Å². The van der Waals surface area contributed by atoms with Crippen molar-refractivity contribution in [1.82, 2.24) is 10.3 Å². The number of thioether (sulfide) groups is 1. The van der Waals surface area contributed by atoms with Crippen molar-refractivity contribution in [3.05, 3.63) is 102 Å². The van der Waals surface area contributed by atoms with E-state index in [4.69, 9.17) is 5.10 Å². The molecule has 0 bridgehead atoms. The molecule has 0 saturated carbocycles. The van der Waals surface area contributed by atoms with Crippen LogP contribution in [0.4, 0.5) is 0 Å². The molecule has 2 aliphatic heterocycles. The molecule has 39 heavy (non-hydrogen) atoms. The van der Waals surface area contributed by atoms with E-state index < -0.39 is 29.1 Å². The molecule has 10 heteroatoms. The highest BCUT2D eigenvalue weighted by molar-refractivity contribution is 8.15. The molecule has 2 amide bonds. The molecule has 0 saturated heterocycles. The lowest BCUT2D eigenvalue weighted by Crippen LogP contribution is -2.43. The number of amidine groups is 1. The first-order valence-corrected chi connectivity index (χ1v) is 13.3. The number of amides is 2. The highest BCUT2D eigenvalue weighted by Crippen LogP contribution is 2.38. The summed E-state index contributed by atoms with van der Waals surface area (Å²) in [4.78, 5) is 41.6. The second kappa shape index (κ2) is 11.5. The Hall–Kier alpha value is -4.44. The third-order valence-electron chi connectivity index (χ3n) is 6.51. The van der Waals surface area contributed by atoms with Gasteiger partial charge in [0.1, 0.15) is 17.0 Å². The van der Waals surface area contributed by atoms with Crippen molar-refractivity contribution >= 4 is 40.4 Å². The number of carboxylic acid groups (broad SMARTS) is 1. The average Bonchev–Trinajstić information content (AvgIpc) is 3.54. The predicted molar refractivity (Wildman–Crippen MR) is 148 cm³/mol. The molecule has 3 aromatic rings. The summed E-state index contributed by atoms with van der Waals surface area (Å²) in [6.07, 6.45) is 0.498. The molecular weight excluding hydrogens is 516 g/mol. The standard InChI is InChI=1S/C29H26N4O5S/c34-21-13-11-19(12-14-21)22-16-24(20-9-5-2-6-10-20)33(32-22)29-31-27(36)25(39-29)17-26(35)30-23(28(37)38)15-18-7-3-1-4-8-18/h1-14,23-25,34H,15-17H2,(H,30,35)(H,37,38)/t23-,24+,25-/m0/s1. The van der Waals surface area contributed by atoms with Crippen molar-refractivity contribution in [3.8, 4) is 5.75 Å². The van der Waals surface area contributed by atoms with Gasteiger partial charge in [0.2, 0.25) is 5.91 Å². The summed E-state index contributed by atoms with van der Waals surface area (Å²) in [6.45, 7) is 0. The molecule has 0 fully saturated rings. The van der Waals surface area contributed by atoms with E-state index in [-0.39, 0.29) is 24.6 Å². The van der Waals surface area contributed by atoms with E-state index in [0.29, 0.717) is 11.6 Å². The lowest BCUT2D eigenvalue weighted by Gasteiger charge is -2.23. The Bertz CT molecular complexity index is 1430. The number of nitrogens with zero attached hydrogens (tertiary/aromatic N) is 3. The number of hydrogen-bond donors (Lipinski definition) is 3. The van der Waals surface area contributed by atoms with Crippen LogP contribution in [0.5, 0.6) is 5.75 Å². The van der Waals surface area contributed by atoms with Crippen LogP contribution in [0, 0.1) is 0 Å². The van der Waals surface area contributed by atoms with E-state index in [1.54, 1.807) is 53.5 Å². The van der Waals surface area contributed by atoms with Gasteiger partial charge in [-0.05, 0) is 41.0 Å². The molecule has 198 valence electrons. The highest BCUT2D eigenvalue weighted by atomic mass is 32.2. The van der Waals surface area contributed by atoms with Crippen molar-refractivity contribution < 1.29 is 24.6 Å². The number of phenols is 1. The second-order valence-corrected chi connectivity index (χ2v) is 10.4. The Morgan fingerprint density at radius 1 is 1.00 bits per heavy atom. The van der Waals surface area contributed by atoms with Gasteiger partial charge in [-0.3, -0.25) is 9.59 Å². The highest BCUT2D eigenvalue weighted by Gasteiger charge is 2.39. The molecule has 0 spiro atoms. The largest absolute Gasteiger partial charge is 0.508 e. The van der Waals surface area contributed by atoms with Crippen LogP contribution in [-0.4, -0.2) is 55.2 Å². The Morgan fingerprint density at radius 3 is 2.33 bits per heavy atom. The van der Waals surface area contributed by atoms with Crippen LogP contribution in [-0.2, 0) is 20.8 Å². The molecule has 0 unspecified atom stereocenters. The maximum Gasteiger partial charge on any atom is 0.326 e. The number of aliphatic imine (C=N–C) groups is 1. The van der Waals surface area contributed by atoms with Gasteiger partial charge in [-0.1, -0.05) is 72.4 Å². The fourth-order valence-electron chi connectivity index (χ4n) is 4.53. The Kier molecular flexibility index (Phi) is 7.74. The first-order valence-electron chi connectivity index (χ1n) is 12.4. The van der Waals surface area contributed by atoms with Crippen LogP contribution in [0.2, 0.25) is 0 Å². The fraction of sp³-hybridized carbons (Fsp3) is 0.207. The molecule has 0 aliphatic carbocycles. The van der Waals surface area contributed by atoms with Crippen molar-refractivity contribution in [1.29, 1.82) is 0 Å². The van der Waals surface area contributed by atoms with Crippen LogP contribution in [0.15, 0.2) is 95.0 Å². The van der Waals surface area contributed by atoms with Gasteiger partial charge in [0, 0.05) is 19.3 Å². The Balaban J connectivity index is 1.29. The van der Waals surface area contributed by atoms with E-state index in [1.807, 2.05) is 36.4 Å². The normalized spacial score (nSPS) is 19.4. The summed E-state index contributed by atoms with van der Waals surface area (Å²) < 4.78 is 0. The van der Waals surface area contributed by atoms with E-state index in [0.717, 1.165) is 34.2 Å². The van der Waals surface area contributed by atoms with Crippen LogP contribution < -0.4 is 5.32 Å². The van der Waals surface area contributed by atoms with Gasteiger partial charge in [-0.15, -0.1) is 0 Å². The molecule has 5 rings (SSSR count). The molecule has 0 aromatic heterocycles. The fourth-order valence-corrected chi connectivity index (χ4v) is 5.59. The van der Waals surface area contributed by atoms with Gasteiger partial charge in [-0.25, -0.2) is 9.80 Å². The summed E-state index contributed by atoms with van der Waals surface area (Å²) in [6, 6.07) is 24.2. The number of carbonyl (C=O) groups is 3. The first kappa shape index (κ1) is 26.2. The maximum atomic E-state index is 12.8. The number of benzene rings is 3. The monoisotopic (exact) mass is 542 g/mol. The average molecular weight is 543 g/mol. The van der Waals surface area contributed by atoms with Crippen LogP contribution in [0.25, 0.3) is 0 Å². The number of aromatic hydroxyl groups is 1. The summed E-state index contributed by atoms with van der Waals surface area (Å²) in [7, 11) is 0. The first-order chi connectivity index (χ1) is 18.9.